The summed E-state index contributed by atoms with van der Waals surface area (Å²) < 4.78 is 36.8. The highest BCUT2D eigenvalue weighted by atomic mass is 32.2. The predicted octanol–water partition coefficient (Wildman–Crippen LogP) is 3.38. The van der Waals surface area contributed by atoms with Gasteiger partial charge in [0.05, 0.1) is 10.5 Å². The lowest BCUT2D eigenvalue weighted by atomic mass is 10.2. The molecule has 1 saturated heterocycles. The summed E-state index contributed by atoms with van der Waals surface area (Å²) in [7, 11) is -3.59. The van der Waals surface area contributed by atoms with Crippen LogP contribution in [0, 0.1) is 10.6 Å². The van der Waals surface area contributed by atoms with Crippen LogP contribution < -0.4 is 9.62 Å². The third-order valence-corrected chi connectivity index (χ3v) is 5.55. The van der Waals surface area contributed by atoms with Crippen LogP contribution in [-0.4, -0.2) is 28.7 Å². The number of phenolic OH excluding ortho intramolecular Hbond substituents is 1. The second-order valence-corrected chi connectivity index (χ2v) is 7.65. The van der Waals surface area contributed by atoms with Crippen molar-refractivity contribution in [2.45, 2.75) is 17.7 Å². The number of hydrogen-bond donors (Lipinski definition) is 3. The van der Waals surface area contributed by atoms with Crippen molar-refractivity contribution < 1.29 is 18.5 Å². The van der Waals surface area contributed by atoms with Crippen LogP contribution in [0.5, 0.6) is 5.75 Å². The Morgan fingerprint density at radius 1 is 1.20 bits per heavy atom. The lowest BCUT2D eigenvalue weighted by Gasteiger charge is -2.18. The number of benzene rings is 2. The summed E-state index contributed by atoms with van der Waals surface area (Å²) in [5, 5.41) is 9.43. The summed E-state index contributed by atoms with van der Waals surface area (Å²) in [5.41, 5.74) is 1.16. The third-order valence-electron chi connectivity index (χ3n) is 4.13. The van der Waals surface area contributed by atoms with Crippen LogP contribution in [-0.2, 0) is 9.92 Å². The molecule has 0 radical (unpaired) electrons. The molecule has 1 atom stereocenters. The number of hydrogen-bond acceptors (Lipinski definition) is 5. The van der Waals surface area contributed by atoms with Crippen LogP contribution >= 0.6 is 0 Å². The molecule has 1 aliphatic heterocycles. The van der Waals surface area contributed by atoms with Gasteiger partial charge in [0.1, 0.15) is 0 Å². The number of anilines is 2. The molecule has 0 amide bonds. The molecule has 25 heavy (non-hydrogen) atoms. The SMILES string of the molecule is N=S(=O)(Nc1ccc(N2CCCC2)cc1)c1cc(F)c(O)c(C=O)c1. The molecule has 0 saturated carbocycles. The Bertz CT molecular complexity index is 892. The van der Waals surface area contributed by atoms with Gasteiger partial charge < -0.3 is 10.0 Å². The van der Waals surface area contributed by atoms with E-state index < -0.39 is 21.5 Å². The number of aldehydes is 1. The molecule has 132 valence electrons. The zero-order valence-electron chi connectivity index (χ0n) is 13.4. The molecule has 0 spiro atoms. The van der Waals surface area contributed by atoms with Crippen LogP contribution in [0.15, 0.2) is 41.3 Å². The molecule has 3 rings (SSSR count). The molecule has 1 aliphatic rings. The highest BCUT2D eigenvalue weighted by molar-refractivity contribution is 7.93. The van der Waals surface area contributed by atoms with Crippen LogP contribution in [0.1, 0.15) is 23.2 Å². The van der Waals surface area contributed by atoms with Crippen LogP contribution in [0.4, 0.5) is 15.8 Å². The smallest absolute Gasteiger partial charge is 0.166 e. The Hall–Kier alpha value is -2.61. The molecule has 3 N–H and O–H groups in total. The fourth-order valence-electron chi connectivity index (χ4n) is 2.79. The number of nitrogens with zero attached hydrogens (tertiary/aromatic N) is 1. The van der Waals surface area contributed by atoms with Crippen LogP contribution in [0.2, 0.25) is 0 Å². The first-order valence-electron chi connectivity index (χ1n) is 7.80. The first kappa shape index (κ1) is 17.2. The molecule has 8 heteroatoms. The maximum Gasteiger partial charge on any atom is 0.166 e. The fourth-order valence-corrected chi connectivity index (χ4v) is 3.94. The summed E-state index contributed by atoms with van der Waals surface area (Å²) in [4.78, 5) is 12.9. The molecule has 2 aromatic rings. The largest absolute Gasteiger partial charge is 0.504 e. The van der Waals surface area contributed by atoms with Gasteiger partial charge in [-0.15, -0.1) is 0 Å². The minimum atomic E-state index is -3.59. The Labute approximate surface area is 145 Å². The standard InChI is InChI=1S/C17H18FN3O3S/c18-16-10-15(9-12(11-22)17(16)23)25(19,24)20-13-3-5-14(6-4-13)21-7-1-2-8-21/h3-6,9-11,23H,1-2,7-8H2,(H2,19,20,24). The monoisotopic (exact) mass is 363 g/mol. The number of phenols is 1. The minimum absolute atomic E-state index is 0.214. The number of carbonyl (C=O) groups is 1. The van der Waals surface area contributed by atoms with Gasteiger partial charge in [-0.1, -0.05) is 0 Å². The summed E-state index contributed by atoms with van der Waals surface area (Å²) in [5.74, 6) is -1.91. The van der Waals surface area contributed by atoms with Crippen molar-refractivity contribution in [3.63, 3.8) is 0 Å². The van der Waals surface area contributed by atoms with Gasteiger partial charge >= 0.3 is 0 Å². The van der Waals surface area contributed by atoms with Crippen molar-refractivity contribution in [2.75, 3.05) is 22.7 Å². The summed E-state index contributed by atoms with van der Waals surface area (Å²) in [6.07, 6.45) is 2.57. The number of carbonyl (C=O) groups excluding carboxylic acids is 1. The molecule has 1 heterocycles. The van der Waals surface area contributed by atoms with Gasteiger partial charge in [0.25, 0.3) is 0 Å². The predicted molar refractivity (Wildman–Crippen MR) is 94.1 cm³/mol. The Morgan fingerprint density at radius 3 is 2.44 bits per heavy atom. The second-order valence-electron chi connectivity index (χ2n) is 5.86. The maximum absolute atomic E-state index is 13.7. The first-order valence-corrected chi connectivity index (χ1v) is 9.36. The maximum atomic E-state index is 13.7. The van der Waals surface area contributed by atoms with Gasteiger partial charge in [0.2, 0.25) is 0 Å². The quantitative estimate of drug-likeness (QED) is 0.710. The molecule has 2 aromatic carbocycles. The van der Waals surface area contributed by atoms with Crippen LogP contribution in [0.3, 0.4) is 0 Å². The van der Waals surface area contributed by atoms with E-state index in [0.717, 1.165) is 43.8 Å². The van der Waals surface area contributed by atoms with Crippen LogP contribution in [0.25, 0.3) is 0 Å². The highest BCUT2D eigenvalue weighted by Crippen LogP contribution is 2.27. The number of halogens is 1. The number of rotatable bonds is 5. The van der Waals surface area contributed by atoms with Gasteiger partial charge in [-0.25, -0.2) is 13.4 Å². The Kier molecular flexibility index (Phi) is 4.63. The highest BCUT2D eigenvalue weighted by Gasteiger charge is 2.17. The van der Waals surface area contributed by atoms with E-state index in [-0.39, 0.29) is 16.7 Å². The molecule has 6 nitrogen and oxygen atoms in total. The number of aromatic hydroxyl groups is 1. The average molecular weight is 363 g/mol. The van der Waals surface area contributed by atoms with E-state index >= 15 is 0 Å². The summed E-state index contributed by atoms with van der Waals surface area (Å²) in [6, 6.07) is 9.00. The molecular weight excluding hydrogens is 345 g/mol. The zero-order valence-corrected chi connectivity index (χ0v) is 14.2. The number of nitrogens with one attached hydrogen (secondary N) is 2. The molecule has 0 bridgehead atoms. The van der Waals surface area contributed by atoms with Crippen molar-refractivity contribution in [3.05, 3.63) is 47.8 Å². The van der Waals surface area contributed by atoms with Gasteiger partial charge in [0, 0.05) is 24.5 Å². The van der Waals surface area contributed by atoms with Gasteiger partial charge in [-0.3, -0.25) is 9.52 Å². The normalized spacial score (nSPS) is 16.4. The third kappa shape index (κ3) is 3.58. The van der Waals surface area contributed by atoms with Gasteiger partial charge in [0.15, 0.2) is 27.8 Å². The van der Waals surface area contributed by atoms with E-state index in [1.54, 1.807) is 12.1 Å². The van der Waals surface area contributed by atoms with Crippen molar-refractivity contribution >= 4 is 27.6 Å². The van der Waals surface area contributed by atoms with Gasteiger partial charge in [-0.05, 0) is 49.2 Å². The van der Waals surface area contributed by atoms with Crippen molar-refractivity contribution in [1.29, 1.82) is 4.78 Å². The van der Waals surface area contributed by atoms with Crippen molar-refractivity contribution in [2.24, 2.45) is 0 Å². The van der Waals surface area contributed by atoms with E-state index in [9.17, 15) is 18.5 Å². The summed E-state index contributed by atoms with van der Waals surface area (Å²) >= 11 is 0. The van der Waals surface area contributed by atoms with Crippen molar-refractivity contribution in [1.82, 2.24) is 0 Å². The topological polar surface area (TPSA) is 93.5 Å². The Balaban J connectivity index is 1.84. The van der Waals surface area contributed by atoms with E-state index in [1.807, 2.05) is 12.1 Å². The first-order chi connectivity index (χ1) is 11.9. The molecular formula is C17H18FN3O3S. The summed E-state index contributed by atoms with van der Waals surface area (Å²) in [6.45, 7) is 2.01. The molecule has 1 unspecified atom stereocenters. The van der Waals surface area contributed by atoms with E-state index in [4.69, 9.17) is 4.78 Å². The fraction of sp³-hybridized carbons (Fsp3) is 0.235. The zero-order chi connectivity index (χ0) is 18.0. The average Bonchev–Trinajstić information content (AvgIpc) is 3.12. The Morgan fingerprint density at radius 2 is 1.84 bits per heavy atom. The van der Waals surface area contributed by atoms with E-state index in [2.05, 4.69) is 9.62 Å². The molecule has 0 aliphatic carbocycles. The van der Waals surface area contributed by atoms with E-state index in [0.29, 0.717) is 5.69 Å². The van der Waals surface area contributed by atoms with Gasteiger partial charge in [-0.2, -0.15) is 0 Å². The molecule has 0 aromatic heterocycles. The van der Waals surface area contributed by atoms with E-state index in [1.165, 1.54) is 0 Å². The minimum Gasteiger partial charge on any atom is -0.504 e. The molecule has 1 fully saturated rings. The van der Waals surface area contributed by atoms with Crippen molar-refractivity contribution in [3.8, 4) is 5.75 Å². The second kappa shape index (κ2) is 6.72. The lowest BCUT2D eigenvalue weighted by molar-refractivity contribution is 0.112. The lowest BCUT2D eigenvalue weighted by Crippen LogP contribution is -2.17.